The third-order valence-electron chi connectivity index (χ3n) is 4.67. The summed E-state index contributed by atoms with van der Waals surface area (Å²) in [5, 5.41) is 14.6. The molecule has 1 amide bonds. The van der Waals surface area contributed by atoms with Crippen LogP contribution in [0.5, 0.6) is 0 Å². The number of fused-ring (bicyclic) bond motifs is 1. The lowest BCUT2D eigenvalue weighted by Crippen LogP contribution is -2.27. The normalized spacial score (nSPS) is 14.6. The molecule has 7 nitrogen and oxygen atoms in total. The molecule has 3 aromatic rings. The molecule has 0 radical (unpaired) electrons. The monoisotopic (exact) mass is 382 g/mol. The van der Waals surface area contributed by atoms with Crippen molar-refractivity contribution < 1.29 is 4.79 Å². The number of carbonyl (C=O) groups excluding carboxylic acids is 1. The largest absolute Gasteiger partial charge is 0.349 e. The summed E-state index contributed by atoms with van der Waals surface area (Å²) >= 11 is 1.71. The first-order chi connectivity index (χ1) is 13.2. The maximum Gasteiger partial charge on any atom is 0.217 e. The molecular formula is C19H22N6OS. The number of rotatable bonds is 5. The van der Waals surface area contributed by atoms with Crippen molar-refractivity contribution in [2.24, 2.45) is 0 Å². The zero-order chi connectivity index (χ0) is 18.6. The third-order valence-corrected chi connectivity index (χ3v) is 5.50. The highest BCUT2D eigenvalue weighted by Crippen LogP contribution is 2.23. The van der Waals surface area contributed by atoms with E-state index in [-0.39, 0.29) is 5.91 Å². The van der Waals surface area contributed by atoms with Gasteiger partial charge in [-0.25, -0.2) is 4.98 Å². The molecule has 27 heavy (non-hydrogen) atoms. The number of amides is 1. The highest BCUT2D eigenvalue weighted by atomic mass is 32.1. The number of nitrogens with one attached hydrogen (secondary N) is 1. The minimum absolute atomic E-state index is 0.0550. The van der Waals surface area contributed by atoms with E-state index in [0.29, 0.717) is 6.54 Å². The van der Waals surface area contributed by atoms with E-state index in [1.807, 2.05) is 18.2 Å². The summed E-state index contributed by atoms with van der Waals surface area (Å²) in [5.41, 5.74) is 2.20. The van der Waals surface area contributed by atoms with Gasteiger partial charge in [-0.05, 0) is 0 Å². The average Bonchev–Trinajstić information content (AvgIpc) is 3.25. The molecule has 8 heteroatoms. The van der Waals surface area contributed by atoms with E-state index < -0.39 is 0 Å². The van der Waals surface area contributed by atoms with Gasteiger partial charge in [-0.3, -0.25) is 9.69 Å². The van der Waals surface area contributed by atoms with E-state index in [1.165, 1.54) is 6.92 Å². The van der Waals surface area contributed by atoms with Crippen molar-refractivity contribution >= 4 is 17.2 Å². The fourth-order valence-corrected chi connectivity index (χ4v) is 4.08. The van der Waals surface area contributed by atoms with Gasteiger partial charge in [0.05, 0.1) is 18.8 Å². The number of benzene rings is 1. The van der Waals surface area contributed by atoms with Crippen molar-refractivity contribution in [3.8, 4) is 11.3 Å². The van der Waals surface area contributed by atoms with Crippen LogP contribution in [0.2, 0.25) is 0 Å². The minimum atomic E-state index is -0.0550. The first-order valence-electron chi connectivity index (χ1n) is 9.06. The Balaban J connectivity index is 1.39. The summed E-state index contributed by atoms with van der Waals surface area (Å²) in [6.07, 6.45) is 0.851. The minimum Gasteiger partial charge on any atom is -0.349 e. The molecule has 1 aliphatic heterocycles. The highest BCUT2D eigenvalue weighted by molar-refractivity contribution is 7.09. The van der Waals surface area contributed by atoms with Gasteiger partial charge in [-0.2, -0.15) is 0 Å². The molecule has 1 aliphatic rings. The van der Waals surface area contributed by atoms with E-state index >= 15 is 0 Å². The maximum absolute atomic E-state index is 11.2. The molecule has 0 fully saturated rings. The Bertz CT molecular complexity index is 919. The van der Waals surface area contributed by atoms with E-state index in [2.05, 4.69) is 42.5 Å². The molecule has 2 aromatic heterocycles. The molecule has 0 unspecified atom stereocenters. The highest BCUT2D eigenvalue weighted by Gasteiger charge is 2.19. The van der Waals surface area contributed by atoms with Crippen LogP contribution in [0.3, 0.4) is 0 Å². The standard InChI is InChI=1S/C19H22N6OS/c1-14(26)20-11-18-23-22-17-7-8-24(9-10-25(17)18)12-19-21-16(13-27-19)15-5-3-2-4-6-15/h2-6,13H,7-12H2,1H3,(H,20,26). The molecule has 3 heterocycles. The van der Waals surface area contributed by atoms with E-state index in [1.54, 1.807) is 11.3 Å². The fourth-order valence-electron chi connectivity index (χ4n) is 3.24. The van der Waals surface area contributed by atoms with Crippen molar-refractivity contribution in [3.05, 3.63) is 52.4 Å². The fraction of sp³-hybridized carbons (Fsp3) is 0.368. The van der Waals surface area contributed by atoms with E-state index in [9.17, 15) is 4.79 Å². The summed E-state index contributed by atoms with van der Waals surface area (Å²) in [6, 6.07) is 10.3. The number of thiazole rings is 1. The summed E-state index contributed by atoms with van der Waals surface area (Å²) in [4.78, 5) is 18.4. The van der Waals surface area contributed by atoms with Crippen LogP contribution in [0.25, 0.3) is 11.3 Å². The summed E-state index contributed by atoms with van der Waals surface area (Å²) < 4.78 is 2.13. The summed E-state index contributed by atoms with van der Waals surface area (Å²) in [7, 11) is 0. The Hall–Kier alpha value is -2.58. The molecule has 0 saturated carbocycles. The Kier molecular flexibility index (Phi) is 5.26. The second kappa shape index (κ2) is 7.98. The van der Waals surface area contributed by atoms with Crippen LogP contribution in [0.4, 0.5) is 0 Å². The summed E-state index contributed by atoms with van der Waals surface area (Å²) in [5.74, 6) is 1.75. The molecule has 0 spiro atoms. The van der Waals surface area contributed by atoms with Gasteiger partial charge in [0.15, 0.2) is 5.82 Å². The van der Waals surface area contributed by atoms with E-state index in [4.69, 9.17) is 4.98 Å². The lowest BCUT2D eigenvalue weighted by atomic mass is 10.2. The number of hydrogen-bond acceptors (Lipinski definition) is 6. The molecule has 1 aromatic carbocycles. The van der Waals surface area contributed by atoms with Crippen molar-refractivity contribution in [2.75, 3.05) is 13.1 Å². The second-order valence-corrected chi connectivity index (χ2v) is 7.56. The topological polar surface area (TPSA) is 75.9 Å². The number of nitrogens with zero attached hydrogens (tertiary/aromatic N) is 5. The van der Waals surface area contributed by atoms with Gasteiger partial charge in [0.25, 0.3) is 0 Å². The number of aromatic nitrogens is 4. The Labute approximate surface area is 162 Å². The quantitative estimate of drug-likeness (QED) is 0.731. The molecular weight excluding hydrogens is 360 g/mol. The van der Waals surface area contributed by atoms with Crippen molar-refractivity contribution in [3.63, 3.8) is 0 Å². The third kappa shape index (κ3) is 4.23. The van der Waals surface area contributed by atoms with Crippen molar-refractivity contribution in [1.82, 2.24) is 30.0 Å². The number of hydrogen-bond donors (Lipinski definition) is 1. The van der Waals surface area contributed by atoms with Gasteiger partial charge in [0.2, 0.25) is 5.91 Å². The zero-order valence-electron chi connectivity index (χ0n) is 15.3. The predicted octanol–water partition coefficient (Wildman–Crippen LogP) is 2.10. The van der Waals surface area contributed by atoms with E-state index in [0.717, 1.165) is 60.5 Å². The van der Waals surface area contributed by atoms with Gasteiger partial charge in [-0.1, -0.05) is 30.3 Å². The molecule has 1 N–H and O–H groups in total. The lowest BCUT2D eigenvalue weighted by molar-refractivity contribution is -0.119. The van der Waals surface area contributed by atoms with Crippen LogP contribution >= 0.6 is 11.3 Å². The van der Waals surface area contributed by atoms with Crippen LogP contribution in [0.15, 0.2) is 35.7 Å². The predicted molar refractivity (Wildman–Crippen MR) is 104 cm³/mol. The maximum atomic E-state index is 11.2. The SMILES string of the molecule is CC(=O)NCc1nnc2n1CCN(Cc1nc(-c3ccccc3)cs1)CC2. The van der Waals surface area contributed by atoms with Crippen LogP contribution in [0.1, 0.15) is 23.6 Å². The van der Waals surface area contributed by atoms with Gasteiger partial charge in [0.1, 0.15) is 10.8 Å². The number of carbonyl (C=O) groups is 1. The first kappa shape index (κ1) is 17.8. The Morgan fingerprint density at radius 1 is 1.19 bits per heavy atom. The smallest absolute Gasteiger partial charge is 0.217 e. The van der Waals surface area contributed by atoms with Crippen LogP contribution in [0, 0.1) is 0 Å². The molecule has 0 atom stereocenters. The van der Waals surface area contributed by atoms with Crippen molar-refractivity contribution in [1.29, 1.82) is 0 Å². The first-order valence-corrected chi connectivity index (χ1v) is 9.94. The van der Waals surface area contributed by atoms with Crippen LogP contribution in [-0.4, -0.2) is 43.6 Å². The zero-order valence-corrected chi connectivity index (χ0v) is 16.1. The van der Waals surface area contributed by atoms with Gasteiger partial charge in [0, 0.05) is 43.9 Å². The van der Waals surface area contributed by atoms with Crippen LogP contribution in [-0.2, 0) is 30.8 Å². The molecule has 0 bridgehead atoms. The Morgan fingerprint density at radius 2 is 2.04 bits per heavy atom. The molecule has 0 saturated heterocycles. The van der Waals surface area contributed by atoms with Gasteiger partial charge < -0.3 is 9.88 Å². The molecule has 0 aliphatic carbocycles. The van der Waals surface area contributed by atoms with Gasteiger partial charge >= 0.3 is 0 Å². The summed E-state index contributed by atoms with van der Waals surface area (Å²) in [6.45, 7) is 5.45. The lowest BCUT2D eigenvalue weighted by Gasteiger charge is -2.18. The second-order valence-electron chi connectivity index (χ2n) is 6.61. The van der Waals surface area contributed by atoms with Gasteiger partial charge in [-0.15, -0.1) is 21.5 Å². The molecule has 140 valence electrons. The average molecular weight is 382 g/mol. The molecule has 4 rings (SSSR count). The Morgan fingerprint density at radius 3 is 2.85 bits per heavy atom. The van der Waals surface area contributed by atoms with Crippen molar-refractivity contribution in [2.45, 2.75) is 33.0 Å². The van der Waals surface area contributed by atoms with Crippen LogP contribution < -0.4 is 5.32 Å².